The van der Waals surface area contributed by atoms with Gasteiger partial charge in [0.1, 0.15) is 18.1 Å². The van der Waals surface area contributed by atoms with Crippen LogP contribution in [0.2, 0.25) is 5.02 Å². The first-order valence-electron chi connectivity index (χ1n) is 8.41. The van der Waals surface area contributed by atoms with Crippen molar-refractivity contribution in [1.29, 1.82) is 0 Å². The fraction of sp³-hybridized carbons (Fsp3) is 0.0500. The molecule has 1 aromatic carbocycles. The van der Waals surface area contributed by atoms with Crippen molar-refractivity contribution >= 4 is 23.3 Å². The summed E-state index contributed by atoms with van der Waals surface area (Å²) in [6.45, 7) is 0.183. The van der Waals surface area contributed by atoms with E-state index in [1.165, 1.54) is 0 Å². The molecule has 28 heavy (non-hydrogen) atoms. The van der Waals surface area contributed by atoms with Crippen LogP contribution in [0.1, 0.15) is 16.3 Å². The summed E-state index contributed by atoms with van der Waals surface area (Å²) in [4.78, 5) is 16.3. The molecule has 140 valence electrons. The number of nitrogens with one attached hydrogen (secondary N) is 2. The van der Waals surface area contributed by atoms with Gasteiger partial charge in [-0.2, -0.15) is 5.10 Å². The van der Waals surface area contributed by atoms with E-state index in [4.69, 9.17) is 20.8 Å². The van der Waals surface area contributed by atoms with Crippen LogP contribution in [0.15, 0.2) is 71.4 Å². The number of aromatic amines is 1. The van der Waals surface area contributed by atoms with Crippen molar-refractivity contribution in [1.82, 2.24) is 15.2 Å². The van der Waals surface area contributed by atoms with Crippen molar-refractivity contribution in [3.8, 4) is 17.0 Å². The summed E-state index contributed by atoms with van der Waals surface area (Å²) >= 11 is 5.92. The van der Waals surface area contributed by atoms with Gasteiger partial charge < -0.3 is 14.5 Å². The van der Waals surface area contributed by atoms with E-state index >= 15 is 0 Å². The normalized spacial score (nSPS) is 10.6. The maximum Gasteiger partial charge on any atom is 0.292 e. The molecule has 7 nitrogen and oxygen atoms in total. The number of hydrogen-bond donors (Lipinski definition) is 2. The van der Waals surface area contributed by atoms with Gasteiger partial charge in [-0.1, -0.05) is 17.7 Å². The van der Waals surface area contributed by atoms with Gasteiger partial charge in [0.25, 0.3) is 5.91 Å². The number of carbonyl (C=O) groups excluding carboxylic acids is 1. The van der Waals surface area contributed by atoms with Gasteiger partial charge in [0.05, 0.1) is 5.69 Å². The number of furan rings is 1. The third-order valence-electron chi connectivity index (χ3n) is 3.87. The third kappa shape index (κ3) is 4.21. The average molecular weight is 395 g/mol. The molecule has 4 rings (SSSR count). The fourth-order valence-corrected chi connectivity index (χ4v) is 2.71. The number of benzene rings is 1. The van der Waals surface area contributed by atoms with Crippen molar-refractivity contribution in [3.05, 3.63) is 83.5 Å². The number of anilines is 1. The summed E-state index contributed by atoms with van der Waals surface area (Å²) in [7, 11) is 0. The summed E-state index contributed by atoms with van der Waals surface area (Å²) in [6, 6.07) is 15.8. The van der Waals surface area contributed by atoms with Crippen LogP contribution in [-0.2, 0) is 6.61 Å². The van der Waals surface area contributed by atoms with E-state index in [1.54, 1.807) is 54.9 Å². The molecule has 0 fully saturated rings. The maximum absolute atomic E-state index is 12.4. The Morgan fingerprint density at radius 3 is 2.82 bits per heavy atom. The zero-order chi connectivity index (χ0) is 19.3. The van der Waals surface area contributed by atoms with Crippen LogP contribution in [0.25, 0.3) is 11.3 Å². The fourth-order valence-electron chi connectivity index (χ4n) is 2.53. The lowest BCUT2D eigenvalue weighted by atomic mass is 10.2. The highest BCUT2D eigenvalue weighted by atomic mass is 35.5. The quantitative estimate of drug-likeness (QED) is 0.500. The van der Waals surface area contributed by atoms with E-state index in [2.05, 4.69) is 20.5 Å². The van der Waals surface area contributed by atoms with Crippen LogP contribution in [0.5, 0.6) is 5.75 Å². The first-order chi connectivity index (χ1) is 13.7. The van der Waals surface area contributed by atoms with Gasteiger partial charge in [-0.15, -0.1) is 0 Å². The second kappa shape index (κ2) is 7.98. The third-order valence-corrected chi connectivity index (χ3v) is 4.11. The van der Waals surface area contributed by atoms with Crippen molar-refractivity contribution < 1.29 is 13.9 Å². The number of hydrogen-bond acceptors (Lipinski definition) is 5. The highest BCUT2D eigenvalue weighted by Crippen LogP contribution is 2.21. The highest BCUT2D eigenvalue weighted by molar-refractivity contribution is 6.30. The Balaban J connectivity index is 1.37. The molecule has 8 heteroatoms. The zero-order valence-electron chi connectivity index (χ0n) is 14.6. The second-order valence-corrected chi connectivity index (χ2v) is 6.31. The largest absolute Gasteiger partial charge is 0.486 e. The number of aromatic nitrogens is 3. The molecule has 0 saturated carbocycles. The monoisotopic (exact) mass is 394 g/mol. The van der Waals surface area contributed by atoms with Crippen LogP contribution < -0.4 is 10.1 Å². The molecular weight excluding hydrogens is 380 g/mol. The number of carbonyl (C=O) groups is 1. The molecule has 0 aliphatic rings. The molecule has 0 spiro atoms. The minimum atomic E-state index is -0.401. The van der Waals surface area contributed by atoms with E-state index in [9.17, 15) is 4.79 Å². The zero-order valence-corrected chi connectivity index (χ0v) is 15.3. The van der Waals surface area contributed by atoms with Crippen LogP contribution >= 0.6 is 11.6 Å². The molecule has 3 aromatic heterocycles. The highest BCUT2D eigenvalue weighted by Gasteiger charge is 2.14. The van der Waals surface area contributed by atoms with E-state index in [0.717, 1.165) is 11.3 Å². The van der Waals surface area contributed by atoms with Crippen LogP contribution in [0.3, 0.4) is 0 Å². The Kier molecular flexibility index (Phi) is 5.07. The minimum Gasteiger partial charge on any atom is -0.486 e. The summed E-state index contributed by atoms with van der Waals surface area (Å²) in [6.07, 6.45) is 3.37. The number of ether oxygens (including phenoxy) is 1. The molecule has 0 radical (unpaired) electrons. The van der Waals surface area contributed by atoms with Gasteiger partial charge >= 0.3 is 0 Å². The van der Waals surface area contributed by atoms with E-state index in [0.29, 0.717) is 22.4 Å². The molecule has 0 atom stereocenters. The first kappa shape index (κ1) is 17.8. The molecule has 0 bridgehead atoms. The number of pyridine rings is 1. The Morgan fingerprint density at radius 2 is 2.00 bits per heavy atom. The van der Waals surface area contributed by atoms with Crippen molar-refractivity contribution in [2.45, 2.75) is 6.61 Å². The molecule has 1 amide bonds. The van der Waals surface area contributed by atoms with E-state index < -0.39 is 5.91 Å². The average Bonchev–Trinajstić information content (AvgIpc) is 3.37. The van der Waals surface area contributed by atoms with Gasteiger partial charge in [-0.05, 0) is 42.5 Å². The number of nitrogens with zero attached hydrogens (tertiary/aromatic N) is 2. The van der Waals surface area contributed by atoms with Gasteiger partial charge in [0, 0.05) is 29.0 Å². The topological polar surface area (TPSA) is 93.0 Å². The lowest BCUT2D eigenvalue weighted by Crippen LogP contribution is -2.11. The predicted octanol–water partition coefficient (Wildman–Crippen LogP) is 4.55. The van der Waals surface area contributed by atoms with Crippen LogP contribution in [0.4, 0.5) is 5.82 Å². The molecule has 4 aromatic rings. The summed E-state index contributed by atoms with van der Waals surface area (Å²) in [5.41, 5.74) is 1.69. The van der Waals surface area contributed by atoms with Gasteiger partial charge in [-0.25, -0.2) is 0 Å². The maximum atomic E-state index is 12.4. The summed E-state index contributed by atoms with van der Waals surface area (Å²) in [5, 5.41) is 10.2. The van der Waals surface area contributed by atoms with Gasteiger partial charge in [-0.3, -0.25) is 14.9 Å². The minimum absolute atomic E-state index is 0.165. The second-order valence-electron chi connectivity index (χ2n) is 5.87. The van der Waals surface area contributed by atoms with Crippen molar-refractivity contribution in [2.24, 2.45) is 0 Å². The molecule has 3 heterocycles. The SMILES string of the molecule is O=C(Nc1cc(-c2ccncc2)[nH]n1)c1ccc(COc2cccc(Cl)c2)o1. The van der Waals surface area contributed by atoms with Crippen molar-refractivity contribution in [3.63, 3.8) is 0 Å². The summed E-state index contributed by atoms with van der Waals surface area (Å²) in [5.74, 6) is 1.30. The molecule has 0 unspecified atom stereocenters. The molecule has 2 N–H and O–H groups in total. The van der Waals surface area contributed by atoms with E-state index in [1.807, 2.05) is 12.1 Å². The lowest BCUT2D eigenvalue weighted by Gasteiger charge is -2.04. The van der Waals surface area contributed by atoms with E-state index in [-0.39, 0.29) is 12.4 Å². The Morgan fingerprint density at radius 1 is 1.14 bits per heavy atom. The Labute approximate surface area is 165 Å². The summed E-state index contributed by atoms with van der Waals surface area (Å²) < 4.78 is 11.1. The van der Waals surface area contributed by atoms with Gasteiger partial charge in [0.2, 0.25) is 0 Å². The molecule has 0 saturated heterocycles. The molecule has 0 aliphatic heterocycles. The Hall–Kier alpha value is -3.58. The lowest BCUT2D eigenvalue weighted by molar-refractivity contribution is 0.0992. The number of amides is 1. The number of halogens is 1. The standard InChI is InChI=1S/C20H15ClN4O3/c21-14-2-1-3-15(10-14)27-12-16-4-5-18(28-16)20(26)23-19-11-17(24-25-19)13-6-8-22-9-7-13/h1-11H,12H2,(H2,23,24,25,26). The van der Waals surface area contributed by atoms with Crippen molar-refractivity contribution in [2.75, 3.05) is 5.32 Å². The Bertz CT molecular complexity index is 1090. The van der Waals surface area contributed by atoms with Crippen LogP contribution in [-0.4, -0.2) is 21.1 Å². The molecule has 0 aliphatic carbocycles. The first-order valence-corrected chi connectivity index (χ1v) is 8.79. The number of rotatable bonds is 6. The molecular formula is C20H15ClN4O3. The predicted molar refractivity (Wildman–Crippen MR) is 104 cm³/mol. The smallest absolute Gasteiger partial charge is 0.292 e. The number of H-pyrrole nitrogens is 1. The van der Waals surface area contributed by atoms with Gasteiger partial charge in [0.15, 0.2) is 11.6 Å². The van der Waals surface area contributed by atoms with Crippen LogP contribution in [0, 0.1) is 0 Å².